The van der Waals surface area contributed by atoms with E-state index in [1.54, 1.807) is 0 Å². The van der Waals surface area contributed by atoms with Gasteiger partial charge < -0.3 is 25.4 Å². The van der Waals surface area contributed by atoms with Crippen LogP contribution in [0.25, 0.3) is 0 Å². The van der Waals surface area contributed by atoms with E-state index in [0.29, 0.717) is 25.9 Å². The number of ether oxygens (including phenoxy) is 1. The highest BCUT2D eigenvalue weighted by molar-refractivity contribution is 5.76. The summed E-state index contributed by atoms with van der Waals surface area (Å²) in [5, 5.41) is 33.8. The quantitative estimate of drug-likeness (QED) is 0.0274. The summed E-state index contributed by atoms with van der Waals surface area (Å²) >= 11 is 0. The highest BCUT2D eigenvalue weighted by Gasteiger charge is 2.27. The number of nitrogens with one attached hydrogen (secondary N) is 1. The Bertz CT molecular complexity index is 1190. The van der Waals surface area contributed by atoms with Crippen LogP contribution < -0.4 is 5.32 Å². The van der Waals surface area contributed by atoms with Crippen LogP contribution in [0.5, 0.6) is 0 Å². The fourth-order valence-electron chi connectivity index (χ4n) is 10.7. The van der Waals surface area contributed by atoms with E-state index in [1.807, 2.05) is 0 Å². The highest BCUT2D eigenvalue weighted by Crippen LogP contribution is 2.19. The summed E-state index contributed by atoms with van der Waals surface area (Å²) in [6.45, 7) is 4.77. The molecule has 0 aromatic rings. The van der Waals surface area contributed by atoms with E-state index in [-0.39, 0.29) is 18.5 Å². The van der Waals surface area contributed by atoms with Gasteiger partial charge in [0, 0.05) is 12.8 Å². The molecule has 0 aliphatic rings. The Hall–Kier alpha value is -1.70. The number of amides is 1. The van der Waals surface area contributed by atoms with Crippen molar-refractivity contribution >= 4 is 11.9 Å². The first-order chi connectivity index (χ1) is 37.0. The Labute approximate surface area is 467 Å². The zero-order valence-electron chi connectivity index (χ0n) is 50.4. The van der Waals surface area contributed by atoms with Gasteiger partial charge in [-0.1, -0.05) is 321 Å². The molecular weight excluding hydrogens is 927 g/mol. The SMILES string of the molecule is CCCCC/C=C\C/C=C\CCCCCCCC(=O)OCCCCCCCCCCCCCCCCCCCCCCCCCCCCC(=O)N[C@@H](CO)[C@H](O)[C@H](O)CCCCCCCCCCCCCCCCC. The molecule has 0 radical (unpaired) electrons. The minimum absolute atomic E-state index is 0.000599. The molecule has 0 fully saturated rings. The molecule has 444 valence electrons. The van der Waals surface area contributed by atoms with Gasteiger partial charge in [0.05, 0.1) is 25.4 Å². The van der Waals surface area contributed by atoms with Gasteiger partial charge in [-0.15, -0.1) is 0 Å². The van der Waals surface area contributed by atoms with E-state index in [9.17, 15) is 24.9 Å². The smallest absolute Gasteiger partial charge is 0.305 e. The third-order valence-electron chi connectivity index (χ3n) is 15.8. The van der Waals surface area contributed by atoms with Gasteiger partial charge in [0.25, 0.3) is 0 Å². The van der Waals surface area contributed by atoms with Crippen LogP contribution >= 0.6 is 0 Å². The van der Waals surface area contributed by atoms with Gasteiger partial charge in [-0.25, -0.2) is 0 Å². The number of allylic oxidation sites excluding steroid dienone is 4. The molecule has 7 nitrogen and oxygen atoms in total. The number of aliphatic hydroxyl groups excluding tert-OH is 3. The molecule has 0 aromatic carbocycles. The molecule has 0 aromatic heterocycles. The average Bonchev–Trinajstić information content (AvgIpc) is 3.41. The Balaban J connectivity index is 3.40. The first kappa shape index (κ1) is 73.3. The molecule has 1 amide bonds. The second-order valence-corrected chi connectivity index (χ2v) is 23.3. The lowest BCUT2D eigenvalue weighted by atomic mass is 9.99. The maximum absolute atomic E-state index is 12.5. The summed E-state index contributed by atoms with van der Waals surface area (Å²) in [6.07, 6.45) is 75.2. The van der Waals surface area contributed by atoms with Crippen molar-refractivity contribution in [1.29, 1.82) is 0 Å². The average molecular weight is 1060 g/mol. The first-order valence-electron chi connectivity index (χ1n) is 33.7. The van der Waals surface area contributed by atoms with Crippen LogP contribution in [0.1, 0.15) is 367 Å². The molecule has 0 heterocycles. The minimum Gasteiger partial charge on any atom is -0.466 e. The number of carbonyl (C=O) groups is 2. The van der Waals surface area contributed by atoms with Crippen LogP contribution in [0.4, 0.5) is 0 Å². The third-order valence-corrected chi connectivity index (χ3v) is 15.8. The largest absolute Gasteiger partial charge is 0.466 e. The van der Waals surface area contributed by atoms with E-state index >= 15 is 0 Å². The van der Waals surface area contributed by atoms with Crippen LogP contribution in [-0.4, -0.2) is 58.7 Å². The zero-order valence-corrected chi connectivity index (χ0v) is 50.4. The fourth-order valence-corrected chi connectivity index (χ4v) is 10.7. The Morgan fingerprint density at radius 2 is 0.693 bits per heavy atom. The number of esters is 1. The molecular formula is C68H131NO6. The van der Waals surface area contributed by atoms with Crippen molar-refractivity contribution in [2.24, 2.45) is 0 Å². The second kappa shape index (κ2) is 63.1. The van der Waals surface area contributed by atoms with Crippen molar-refractivity contribution in [2.45, 2.75) is 385 Å². The topological polar surface area (TPSA) is 116 Å². The Morgan fingerprint density at radius 3 is 1.08 bits per heavy atom. The summed E-state index contributed by atoms with van der Waals surface area (Å²) in [5.74, 6) is -0.143. The van der Waals surface area contributed by atoms with Crippen LogP contribution in [0.15, 0.2) is 24.3 Å². The van der Waals surface area contributed by atoms with Crippen LogP contribution in [0.3, 0.4) is 0 Å². The molecule has 7 heteroatoms. The van der Waals surface area contributed by atoms with Crippen molar-refractivity contribution in [3.8, 4) is 0 Å². The predicted octanol–water partition coefficient (Wildman–Crippen LogP) is 20.3. The summed E-state index contributed by atoms with van der Waals surface area (Å²) in [6, 6.07) is -0.813. The molecule has 0 unspecified atom stereocenters. The van der Waals surface area contributed by atoms with Crippen molar-refractivity contribution in [3.63, 3.8) is 0 Å². The number of aliphatic hydroxyl groups is 3. The van der Waals surface area contributed by atoms with E-state index in [0.717, 1.165) is 64.2 Å². The van der Waals surface area contributed by atoms with E-state index in [4.69, 9.17) is 4.74 Å². The normalized spacial score (nSPS) is 13.1. The molecule has 0 aliphatic heterocycles. The lowest BCUT2D eigenvalue weighted by Gasteiger charge is -2.26. The van der Waals surface area contributed by atoms with Gasteiger partial charge in [0.15, 0.2) is 0 Å². The molecule has 0 rings (SSSR count). The molecule has 3 atom stereocenters. The van der Waals surface area contributed by atoms with Crippen molar-refractivity contribution in [3.05, 3.63) is 24.3 Å². The monoisotopic (exact) mass is 1060 g/mol. The van der Waals surface area contributed by atoms with E-state index < -0.39 is 18.2 Å². The summed E-state index contributed by atoms with van der Waals surface area (Å²) < 4.78 is 5.48. The molecule has 0 saturated heterocycles. The Kier molecular flexibility index (Phi) is 61.7. The van der Waals surface area contributed by atoms with E-state index in [1.165, 1.54) is 270 Å². The fraction of sp³-hybridized carbons (Fsp3) is 0.912. The maximum atomic E-state index is 12.5. The lowest BCUT2D eigenvalue weighted by molar-refractivity contribution is -0.143. The molecule has 0 spiro atoms. The lowest BCUT2D eigenvalue weighted by Crippen LogP contribution is -2.50. The molecule has 4 N–H and O–H groups in total. The Morgan fingerprint density at radius 1 is 0.387 bits per heavy atom. The van der Waals surface area contributed by atoms with Gasteiger partial charge in [-0.3, -0.25) is 9.59 Å². The highest BCUT2D eigenvalue weighted by atomic mass is 16.5. The summed E-state index contributed by atoms with van der Waals surface area (Å²) in [5.41, 5.74) is 0. The van der Waals surface area contributed by atoms with Gasteiger partial charge in [0.1, 0.15) is 6.10 Å². The summed E-state index contributed by atoms with van der Waals surface area (Å²) in [7, 11) is 0. The summed E-state index contributed by atoms with van der Waals surface area (Å²) in [4.78, 5) is 24.6. The third kappa shape index (κ3) is 58.3. The predicted molar refractivity (Wildman–Crippen MR) is 326 cm³/mol. The molecule has 0 saturated carbocycles. The number of hydrogen-bond acceptors (Lipinski definition) is 6. The van der Waals surface area contributed by atoms with Crippen LogP contribution in [0, 0.1) is 0 Å². The molecule has 75 heavy (non-hydrogen) atoms. The number of carbonyl (C=O) groups excluding carboxylic acids is 2. The van der Waals surface area contributed by atoms with Crippen LogP contribution in [-0.2, 0) is 14.3 Å². The van der Waals surface area contributed by atoms with Crippen molar-refractivity contribution < 1.29 is 29.6 Å². The number of unbranched alkanes of at least 4 members (excludes halogenated alkanes) is 47. The van der Waals surface area contributed by atoms with Crippen molar-refractivity contribution in [2.75, 3.05) is 13.2 Å². The van der Waals surface area contributed by atoms with Crippen molar-refractivity contribution in [1.82, 2.24) is 5.32 Å². The first-order valence-corrected chi connectivity index (χ1v) is 33.7. The van der Waals surface area contributed by atoms with Gasteiger partial charge in [-0.2, -0.15) is 0 Å². The zero-order chi connectivity index (χ0) is 54.4. The number of hydrogen-bond donors (Lipinski definition) is 4. The molecule has 0 bridgehead atoms. The van der Waals surface area contributed by atoms with Gasteiger partial charge in [0.2, 0.25) is 5.91 Å². The van der Waals surface area contributed by atoms with Gasteiger partial charge >= 0.3 is 5.97 Å². The van der Waals surface area contributed by atoms with Gasteiger partial charge in [-0.05, 0) is 57.8 Å². The minimum atomic E-state index is -1.14. The van der Waals surface area contributed by atoms with Crippen LogP contribution in [0.2, 0.25) is 0 Å². The maximum Gasteiger partial charge on any atom is 0.305 e. The standard InChI is InChI=1S/C68H131NO6/c1-3-5-7-9-11-13-15-17-31-35-39-43-47-51-55-59-65(71)68(74)64(63-70)69-66(72)60-56-52-48-44-40-36-33-29-27-25-23-21-19-20-22-24-26-28-30-34-38-42-46-50-54-58-62-75-67(73)61-57-53-49-45-41-37-32-18-16-14-12-10-8-6-4-2/h12,14,18,32,64-65,68,70-71,74H,3-11,13,15-17,19-31,33-63H2,1-2H3,(H,69,72)/b14-12-,32-18-/t64-,65+,68-/m0/s1. The second-order valence-electron chi connectivity index (χ2n) is 23.3. The number of rotatable bonds is 63. The molecule has 0 aliphatic carbocycles. The van der Waals surface area contributed by atoms with E-state index in [2.05, 4.69) is 43.5 Å².